The summed E-state index contributed by atoms with van der Waals surface area (Å²) in [5, 5.41) is 3.37. The first-order valence-electron chi connectivity index (χ1n) is 4.99. The van der Waals surface area contributed by atoms with Crippen LogP contribution in [-0.4, -0.2) is 6.04 Å². The maximum Gasteiger partial charge on any atom is 0.0508 e. The second kappa shape index (κ2) is 4.14. The minimum absolute atomic E-state index is 0.461. The Balaban J connectivity index is 2.05. The summed E-state index contributed by atoms with van der Waals surface area (Å²) in [5.41, 5.74) is 2.78. The Labute approximate surface area is 85.2 Å². The van der Waals surface area contributed by atoms with Crippen molar-refractivity contribution in [1.82, 2.24) is 5.32 Å². The van der Waals surface area contributed by atoms with Crippen LogP contribution < -0.4 is 5.32 Å². The number of benzene rings is 1. The van der Waals surface area contributed by atoms with Gasteiger partial charge in [0.05, 0.1) is 6.04 Å². The summed E-state index contributed by atoms with van der Waals surface area (Å²) >= 11 is 0. The topological polar surface area (TPSA) is 12.0 Å². The maximum absolute atomic E-state index is 3.37. The van der Waals surface area contributed by atoms with E-state index in [0.29, 0.717) is 6.04 Å². The molecule has 0 radical (unpaired) electrons. The third kappa shape index (κ3) is 2.05. The van der Waals surface area contributed by atoms with Crippen molar-refractivity contribution in [3.8, 4) is 0 Å². The van der Waals surface area contributed by atoms with Crippen molar-refractivity contribution in [2.24, 2.45) is 0 Å². The van der Waals surface area contributed by atoms with E-state index in [1.165, 1.54) is 11.1 Å². The molecule has 1 nitrogen and oxygen atoms in total. The van der Waals surface area contributed by atoms with E-state index >= 15 is 0 Å². The smallest absolute Gasteiger partial charge is 0.0508 e. The van der Waals surface area contributed by atoms with Crippen LogP contribution in [0.1, 0.15) is 12.5 Å². The van der Waals surface area contributed by atoms with Crippen LogP contribution in [0, 0.1) is 0 Å². The average Bonchev–Trinajstić information content (AvgIpc) is 2.23. The Kier molecular flexibility index (Phi) is 2.68. The molecule has 0 spiro atoms. The molecule has 0 fully saturated rings. The molecule has 14 heavy (non-hydrogen) atoms. The highest BCUT2D eigenvalue weighted by Crippen LogP contribution is 2.12. The molecular weight excluding hydrogens is 170 g/mol. The zero-order valence-electron chi connectivity index (χ0n) is 8.40. The van der Waals surface area contributed by atoms with E-state index in [0.717, 1.165) is 6.42 Å². The Bertz CT molecular complexity index is 349. The first kappa shape index (κ1) is 9.07. The van der Waals surface area contributed by atoms with Crippen molar-refractivity contribution in [3.05, 3.63) is 59.8 Å². The molecule has 0 saturated heterocycles. The SMILES string of the molecule is CC1=CC=CNC1Cc1ccccc1. The summed E-state index contributed by atoms with van der Waals surface area (Å²) in [6.07, 6.45) is 7.30. The van der Waals surface area contributed by atoms with E-state index in [1.807, 2.05) is 6.20 Å². The molecule has 0 amide bonds. The normalized spacial score (nSPS) is 20.1. The fraction of sp³-hybridized carbons (Fsp3) is 0.231. The lowest BCUT2D eigenvalue weighted by atomic mass is 9.98. The zero-order valence-corrected chi connectivity index (χ0v) is 8.40. The minimum Gasteiger partial charge on any atom is -0.384 e. The molecule has 1 aliphatic heterocycles. The number of dihydropyridines is 1. The predicted octanol–water partition coefficient (Wildman–Crippen LogP) is 2.66. The van der Waals surface area contributed by atoms with Crippen LogP contribution in [0.3, 0.4) is 0 Å². The summed E-state index contributed by atoms with van der Waals surface area (Å²) in [7, 11) is 0. The fourth-order valence-corrected chi connectivity index (χ4v) is 1.69. The molecule has 1 aromatic rings. The maximum atomic E-state index is 3.37. The number of hydrogen-bond donors (Lipinski definition) is 1. The number of nitrogens with one attached hydrogen (secondary N) is 1. The van der Waals surface area contributed by atoms with E-state index in [1.54, 1.807) is 0 Å². The van der Waals surface area contributed by atoms with Crippen molar-refractivity contribution in [2.45, 2.75) is 19.4 Å². The first-order valence-corrected chi connectivity index (χ1v) is 4.99. The molecule has 1 aliphatic rings. The monoisotopic (exact) mass is 185 g/mol. The van der Waals surface area contributed by atoms with E-state index in [9.17, 15) is 0 Å². The van der Waals surface area contributed by atoms with Gasteiger partial charge in [0.1, 0.15) is 0 Å². The predicted molar refractivity (Wildman–Crippen MR) is 60.0 cm³/mol. The van der Waals surface area contributed by atoms with Gasteiger partial charge in [0, 0.05) is 0 Å². The van der Waals surface area contributed by atoms with Crippen LogP contribution in [-0.2, 0) is 6.42 Å². The number of hydrogen-bond acceptors (Lipinski definition) is 1. The van der Waals surface area contributed by atoms with Crippen molar-refractivity contribution in [2.75, 3.05) is 0 Å². The zero-order chi connectivity index (χ0) is 9.80. The summed E-state index contributed by atoms with van der Waals surface area (Å²) in [5.74, 6) is 0. The molecule has 72 valence electrons. The Morgan fingerprint density at radius 3 is 2.71 bits per heavy atom. The molecule has 1 unspecified atom stereocenters. The molecule has 0 aromatic heterocycles. The second-order valence-corrected chi connectivity index (χ2v) is 3.68. The van der Waals surface area contributed by atoms with Crippen LogP contribution in [0.2, 0.25) is 0 Å². The fourth-order valence-electron chi connectivity index (χ4n) is 1.69. The van der Waals surface area contributed by atoms with E-state index in [4.69, 9.17) is 0 Å². The van der Waals surface area contributed by atoms with Crippen molar-refractivity contribution in [3.63, 3.8) is 0 Å². The van der Waals surface area contributed by atoms with Crippen LogP contribution >= 0.6 is 0 Å². The minimum atomic E-state index is 0.461. The van der Waals surface area contributed by atoms with Crippen LogP contribution in [0.5, 0.6) is 0 Å². The largest absolute Gasteiger partial charge is 0.384 e. The molecule has 0 bridgehead atoms. The third-order valence-corrected chi connectivity index (χ3v) is 2.59. The molecular formula is C13H15N. The van der Waals surface area contributed by atoms with E-state index in [2.05, 4.69) is 54.7 Å². The standard InChI is InChI=1S/C13H15N/c1-11-6-5-9-14-13(11)10-12-7-3-2-4-8-12/h2-9,13-14H,10H2,1H3. The second-order valence-electron chi connectivity index (χ2n) is 3.68. The van der Waals surface area contributed by atoms with Crippen molar-refractivity contribution >= 4 is 0 Å². The van der Waals surface area contributed by atoms with Gasteiger partial charge in [-0.1, -0.05) is 42.0 Å². The van der Waals surface area contributed by atoms with Gasteiger partial charge < -0.3 is 5.32 Å². The van der Waals surface area contributed by atoms with Crippen LogP contribution in [0.15, 0.2) is 54.3 Å². The van der Waals surface area contributed by atoms with Crippen LogP contribution in [0.25, 0.3) is 0 Å². The van der Waals surface area contributed by atoms with Crippen molar-refractivity contribution < 1.29 is 0 Å². The van der Waals surface area contributed by atoms with Gasteiger partial charge in [-0.15, -0.1) is 0 Å². The highest BCUT2D eigenvalue weighted by molar-refractivity contribution is 5.25. The lowest BCUT2D eigenvalue weighted by Crippen LogP contribution is -2.29. The summed E-state index contributed by atoms with van der Waals surface area (Å²) in [6.45, 7) is 2.17. The van der Waals surface area contributed by atoms with Gasteiger partial charge in [-0.25, -0.2) is 0 Å². The third-order valence-electron chi connectivity index (χ3n) is 2.59. The molecule has 0 saturated carbocycles. The highest BCUT2D eigenvalue weighted by Gasteiger charge is 2.10. The van der Waals surface area contributed by atoms with Gasteiger partial charge in [-0.2, -0.15) is 0 Å². The highest BCUT2D eigenvalue weighted by atomic mass is 14.9. The number of allylic oxidation sites excluding steroid dienone is 2. The molecule has 1 aromatic carbocycles. The molecule has 1 N–H and O–H groups in total. The van der Waals surface area contributed by atoms with Gasteiger partial charge in [0.25, 0.3) is 0 Å². The average molecular weight is 185 g/mol. The first-order chi connectivity index (χ1) is 6.86. The Morgan fingerprint density at radius 1 is 1.21 bits per heavy atom. The van der Waals surface area contributed by atoms with E-state index < -0.39 is 0 Å². The summed E-state index contributed by atoms with van der Waals surface area (Å²) < 4.78 is 0. The molecule has 1 heteroatoms. The Morgan fingerprint density at radius 2 is 2.00 bits per heavy atom. The van der Waals surface area contributed by atoms with Crippen LogP contribution in [0.4, 0.5) is 0 Å². The van der Waals surface area contributed by atoms with E-state index in [-0.39, 0.29) is 0 Å². The van der Waals surface area contributed by atoms with Gasteiger partial charge in [0.2, 0.25) is 0 Å². The molecule has 0 aliphatic carbocycles. The molecule has 1 atom stereocenters. The quantitative estimate of drug-likeness (QED) is 0.747. The van der Waals surface area contributed by atoms with Gasteiger partial charge >= 0.3 is 0 Å². The van der Waals surface area contributed by atoms with Gasteiger partial charge in [-0.3, -0.25) is 0 Å². The van der Waals surface area contributed by atoms with Gasteiger partial charge in [0.15, 0.2) is 0 Å². The lowest BCUT2D eigenvalue weighted by molar-refractivity contribution is 0.653. The summed E-state index contributed by atoms with van der Waals surface area (Å²) in [6, 6.07) is 11.0. The molecule has 2 rings (SSSR count). The molecule has 1 heterocycles. The number of rotatable bonds is 2. The van der Waals surface area contributed by atoms with Crippen molar-refractivity contribution in [1.29, 1.82) is 0 Å². The van der Waals surface area contributed by atoms with Gasteiger partial charge in [-0.05, 0) is 31.2 Å². The Hall–Kier alpha value is -1.50. The summed E-state index contributed by atoms with van der Waals surface area (Å²) in [4.78, 5) is 0. The lowest BCUT2D eigenvalue weighted by Gasteiger charge is -2.20.